The molecule has 3 rings (SSSR count). The van der Waals surface area contributed by atoms with Crippen molar-refractivity contribution < 1.29 is 4.79 Å². The monoisotopic (exact) mass is 235 g/mol. The predicted molar refractivity (Wildman–Crippen MR) is 67.2 cm³/mol. The van der Waals surface area contributed by atoms with Gasteiger partial charge in [0.15, 0.2) is 5.78 Å². The molecule has 4 heteroatoms. The van der Waals surface area contributed by atoms with E-state index in [1.165, 1.54) is 18.7 Å². The minimum atomic E-state index is -0.0887. The average Bonchev–Trinajstić information content (AvgIpc) is 2.47. The summed E-state index contributed by atoms with van der Waals surface area (Å²) in [7, 11) is 0. The summed E-state index contributed by atoms with van der Waals surface area (Å²) < 4.78 is 0. The van der Waals surface area contributed by atoms with Gasteiger partial charge in [-0.2, -0.15) is 0 Å². The first kappa shape index (κ1) is 10.5. The number of pyridine rings is 1. The maximum Gasteiger partial charge on any atom is 0.196 e. The van der Waals surface area contributed by atoms with Crippen molar-refractivity contribution in [3.05, 3.63) is 66.4 Å². The normalized spacial score (nSPS) is 10.4. The molecule has 0 aliphatic rings. The number of fused-ring (bicyclic) bond motifs is 1. The van der Waals surface area contributed by atoms with E-state index in [9.17, 15) is 4.79 Å². The first-order chi connectivity index (χ1) is 8.86. The second-order valence-corrected chi connectivity index (χ2v) is 3.83. The molecule has 2 aromatic heterocycles. The summed E-state index contributed by atoms with van der Waals surface area (Å²) in [5.74, 6) is -0.0887. The van der Waals surface area contributed by atoms with Crippen LogP contribution in [0.3, 0.4) is 0 Å². The van der Waals surface area contributed by atoms with Crippen molar-refractivity contribution in [3.63, 3.8) is 0 Å². The van der Waals surface area contributed by atoms with Crippen molar-refractivity contribution >= 4 is 16.7 Å². The van der Waals surface area contributed by atoms with E-state index < -0.39 is 0 Å². The molecule has 0 saturated carbocycles. The van der Waals surface area contributed by atoms with Gasteiger partial charge in [-0.25, -0.2) is 9.97 Å². The van der Waals surface area contributed by atoms with Gasteiger partial charge in [-0.15, -0.1) is 0 Å². The Kier molecular flexibility index (Phi) is 2.53. The minimum Gasteiger partial charge on any atom is -0.288 e. The largest absolute Gasteiger partial charge is 0.288 e. The van der Waals surface area contributed by atoms with Crippen molar-refractivity contribution in [2.45, 2.75) is 0 Å². The lowest BCUT2D eigenvalue weighted by atomic mass is 10.0. The average molecular weight is 235 g/mol. The number of para-hydroxylation sites is 1. The lowest BCUT2D eigenvalue weighted by molar-refractivity contribution is 0.103. The first-order valence-electron chi connectivity index (χ1n) is 5.50. The topological polar surface area (TPSA) is 55.7 Å². The molecule has 0 fully saturated rings. The molecule has 0 atom stereocenters. The highest BCUT2D eigenvalue weighted by Gasteiger charge is 2.12. The third-order valence-corrected chi connectivity index (χ3v) is 2.72. The van der Waals surface area contributed by atoms with Crippen LogP contribution in [-0.4, -0.2) is 20.7 Å². The number of carbonyl (C=O) groups excluding carboxylic acids is 1. The standard InChI is InChI=1S/C14H9N3O/c18-14(10-7-15-9-16-8-10)12-5-6-17-13-4-2-1-3-11(12)13/h1-9H. The molecular weight excluding hydrogens is 226 g/mol. The molecule has 0 N–H and O–H groups in total. The van der Waals surface area contributed by atoms with E-state index in [1.54, 1.807) is 12.3 Å². The Labute approximate surface area is 103 Å². The van der Waals surface area contributed by atoms with E-state index in [2.05, 4.69) is 15.0 Å². The smallest absolute Gasteiger partial charge is 0.196 e. The van der Waals surface area contributed by atoms with Crippen molar-refractivity contribution in [1.29, 1.82) is 0 Å². The Morgan fingerprint density at radius 1 is 1.00 bits per heavy atom. The number of hydrogen-bond donors (Lipinski definition) is 0. The second kappa shape index (κ2) is 4.33. The van der Waals surface area contributed by atoms with E-state index >= 15 is 0 Å². The Morgan fingerprint density at radius 2 is 1.78 bits per heavy atom. The molecule has 2 heterocycles. The minimum absolute atomic E-state index is 0.0887. The van der Waals surface area contributed by atoms with Crippen LogP contribution in [0.5, 0.6) is 0 Å². The Hall–Kier alpha value is -2.62. The zero-order valence-electron chi connectivity index (χ0n) is 9.45. The summed E-state index contributed by atoms with van der Waals surface area (Å²) in [6, 6.07) is 9.28. The van der Waals surface area contributed by atoms with E-state index in [-0.39, 0.29) is 5.78 Å². The van der Waals surface area contributed by atoms with Crippen LogP contribution in [0.15, 0.2) is 55.2 Å². The maximum atomic E-state index is 12.4. The molecule has 0 bridgehead atoms. The van der Waals surface area contributed by atoms with Crippen LogP contribution in [0.4, 0.5) is 0 Å². The van der Waals surface area contributed by atoms with Crippen LogP contribution in [0.2, 0.25) is 0 Å². The first-order valence-corrected chi connectivity index (χ1v) is 5.50. The van der Waals surface area contributed by atoms with Gasteiger partial charge in [-0.1, -0.05) is 18.2 Å². The highest BCUT2D eigenvalue weighted by Crippen LogP contribution is 2.18. The van der Waals surface area contributed by atoms with Crippen LogP contribution in [0.25, 0.3) is 10.9 Å². The SMILES string of the molecule is O=C(c1cncnc1)c1ccnc2ccccc12. The number of rotatable bonds is 2. The van der Waals surface area contributed by atoms with Gasteiger partial charge in [0.2, 0.25) is 0 Å². The van der Waals surface area contributed by atoms with Crippen LogP contribution >= 0.6 is 0 Å². The fraction of sp³-hybridized carbons (Fsp3) is 0. The second-order valence-electron chi connectivity index (χ2n) is 3.83. The predicted octanol–water partition coefficient (Wildman–Crippen LogP) is 2.26. The van der Waals surface area contributed by atoms with Gasteiger partial charge in [0, 0.05) is 29.5 Å². The van der Waals surface area contributed by atoms with Gasteiger partial charge in [0.1, 0.15) is 6.33 Å². The van der Waals surface area contributed by atoms with E-state index in [1.807, 2.05) is 24.3 Å². The summed E-state index contributed by atoms with van der Waals surface area (Å²) in [5.41, 5.74) is 1.91. The number of benzene rings is 1. The van der Waals surface area contributed by atoms with Crippen molar-refractivity contribution in [2.24, 2.45) is 0 Å². The maximum absolute atomic E-state index is 12.4. The van der Waals surface area contributed by atoms with Crippen LogP contribution in [0.1, 0.15) is 15.9 Å². The molecule has 0 radical (unpaired) electrons. The number of hydrogen-bond acceptors (Lipinski definition) is 4. The molecule has 0 aliphatic carbocycles. The van der Waals surface area contributed by atoms with E-state index in [0.29, 0.717) is 11.1 Å². The summed E-state index contributed by atoms with van der Waals surface area (Å²) in [6.07, 6.45) is 6.08. The van der Waals surface area contributed by atoms with Crippen LogP contribution in [0, 0.1) is 0 Å². The number of carbonyl (C=O) groups is 1. The van der Waals surface area contributed by atoms with Crippen LogP contribution < -0.4 is 0 Å². The molecule has 4 nitrogen and oxygen atoms in total. The molecule has 0 amide bonds. The number of aromatic nitrogens is 3. The third-order valence-electron chi connectivity index (χ3n) is 2.72. The number of nitrogens with zero attached hydrogens (tertiary/aromatic N) is 3. The highest BCUT2D eigenvalue weighted by atomic mass is 16.1. The number of ketones is 1. The van der Waals surface area contributed by atoms with Gasteiger partial charge in [-0.3, -0.25) is 9.78 Å². The summed E-state index contributed by atoms with van der Waals surface area (Å²) in [4.78, 5) is 24.3. The van der Waals surface area contributed by atoms with Gasteiger partial charge in [0.25, 0.3) is 0 Å². The zero-order valence-corrected chi connectivity index (χ0v) is 9.45. The van der Waals surface area contributed by atoms with Gasteiger partial charge in [0.05, 0.1) is 11.1 Å². The van der Waals surface area contributed by atoms with Gasteiger partial charge in [-0.05, 0) is 12.1 Å². The highest BCUT2D eigenvalue weighted by molar-refractivity contribution is 6.15. The summed E-state index contributed by atoms with van der Waals surface area (Å²) in [5, 5.41) is 0.842. The molecule has 1 aromatic carbocycles. The quantitative estimate of drug-likeness (QED) is 0.639. The molecule has 3 aromatic rings. The Morgan fingerprint density at radius 3 is 2.61 bits per heavy atom. The Bertz CT molecular complexity index is 705. The fourth-order valence-electron chi connectivity index (χ4n) is 1.87. The summed E-state index contributed by atoms with van der Waals surface area (Å²) >= 11 is 0. The van der Waals surface area contributed by atoms with E-state index in [0.717, 1.165) is 10.9 Å². The molecule has 18 heavy (non-hydrogen) atoms. The van der Waals surface area contributed by atoms with Crippen molar-refractivity contribution in [3.8, 4) is 0 Å². The molecule has 86 valence electrons. The molecule has 0 unspecified atom stereocenters. The molecule has 0 saturated heterocycles. The van der Waals surface area contributed by atoms with Gasteiger partial charge >= 0.3 is 0 Å². The third kappa shape index (κ3) is 1.73. The lowest BCUT2D eigenvalue weighted by Crippen LogP contribution is -2.03. The summed E-state index contributed by atoms with van der Waals surface area (Å²) in [6.45, 7) is 0. The molecule has 0 aliphatic heterocycles. The Balaban J connectivity index is 2.18. The van der Waals surface area contributed by atoms with Crippen LogP contribution in [-0.2, 0) is 0 Å². The van der Waals surface area contributed by atoms with Gasteiger partial charge < -0.3 is 0 Å². The van der Waals surface area contributed by atoms with Crippen molar-refractivity contribution in [1.82, 2.24) is 15.0 Å². The molecule has 0 spiro atoms. The fourth-order valence-corrected chi connectivity index (χ4v) is 1.87. The van der Waals surface area contributed by atoms with E-state index in [4.69, 9.17) is 0 Å². The zero-order chi connectivity index (χ0) is 12.4. The lowest BCUT2D eigenvalue weighted by Gasteiger charge is -2.04. The van der Waals surface area contributed by atoms with Crippen molar-refractivity contribution in [2.75, 3.05) is 0 Å². The molecular formula is C14H9N3O.